The van der Waals surface area contributed by atoms with Crippen molar-refractivity contribution >= 4 is 17.5 Å². The highest BCUT2D eigenvalue weighted by Gasteiger charge is 2.12. The van der Waals surface area contributed by atoms with E-state index in [2.05, 4.69) is 10.4 Å². The molecule has 2 rings (SSSR count). The minimum absolute atomic E-state index is 0.129. The molecule has 1 N–H and O–H groups in total. The second-order valence-corrected chi connectivity index (χ2v) is 6.05. The number of aromatic nitrogens is 2. The topological polar surface area (TPSA) is 56.2 Å². The average Bonchev–Trinajstić information content (AvgIpc) is 2.99. The van der Waals surface area contributed by atoms with Gasteiger partial charge in [-0.25, -0.2) is 4.68 Å². The molecule has 1 atom stereocenters. The minimum Gasteiger partial charge on any atom is -0.471 e. The molecule has 6 heteroatoms. The maximum Gasteiger partial charge on any atom is 0.271 e. The van der Waals surface area contributed by atoms with Gasteiger partial charge in [-0.1, -0.05) is 18.5 Å². The van der Waals surface area contributed by atoms with Crippen LogP contribution < -0.4 is 10.1 Å². The predicted octanol–water partition coefficient (Wildman–Crippen LogP) is 3.72. The van der Waals surface area contributed by atoms with E-state index in [-0.39, 0.29) is 18.7 Å². The molecule has 0 spiro atoms. The first-order valence-corrected chi connectivity index (χ1v) is 8.02. The first-order valence-electron chi connectivity index (χ1n) is 7.64. The van der Waals surface area contributed by atoms with Crippen LogP contribution in [0.4, 0.5) is 0 Å². The highest BCUT2D eigenvalue weighted by Crippen LogP contribution is 2.25. The van der Waals surface area contributed by atoms with E-state index in [1.807, 2.05) is 39.8 Å². The number of nitrogens with zero attached hydrogens (tertiary/aromatic N) is 2. The van der Waals surface area contributed by atoms with Crippen LogP contribution in [0.25, 0.3) is 0 Å². The van der Waals surface area contributed by atoms with Crippen molar-refractivity contribution in [3.8, 4) is 5.75 Å². The SMILES string of the molecule is CCC(C)NC(=O)c1ccn(COc2cc(C)c(Cl)c(C)c2)n1. The second kappa shape index (κ2) is 7.51. The molecule has 0 saturated heterocycles. The Morgan fingerprint density at radius 2 is 2.04 bits per heavy atom. The van der Waals surface area contributed by atoms with Gasteiger partial charge in [0.05, 0.1) is 0 Å². The van der Waals surface area contributed by atoms with Gasteiger partial charge in [-0.05, 0) is 56.5 Å². The van der Waals surface area contributed by atoms with Crippen LogP contribution in [0.3, 0.4) is 0 Å². The van der Waals surface area contributed by atoms with Crippen molar-refractivity contribution in [3.63, 3.8) is 0 Å². The quantitative estimate of drug-likeness (QED) is 0.875. The third kappa shape index (κ3) is 4.48. The standard InChI is InChI=1S/C17H22ClN3O2/c1-5-13(4)19-17(22)15-6-7-21(20-15)10-23-14-8-11(2)16(18)12(3)9-14/h6-9,13H,5,10H2,1-4H3,(H,19,22). The number of carbonyl (C=O) groups excluding carboxylic acids is 1. The predicted molar refractivity (Wildman–Crippen MR) is 91.0 cm³/mol. The number of benzene rings is 1. The van der Waals surface area contributed by atoms with Crippen LogP contribution in [-0.4, -0.2) is 21.7 Å². The molecular formula is C17H22ClN3O2. The molecule has 2 aromatic rings. The Morgan fingerprint density at radius 3 is 2.65 bits per heavy atom. The number of hydrogen-bond donors (Lipinski definition) is 1. The van der Waals surface area contributed by atoms with Crippen molar-refractivity contribution in [2.75, 3.05) is 0 Å². The molecule has 1 aromatic carbocycles. The van der Waals surface area contributed by atoms with Gasteiger partial charge in [0.1, 0.15) is 11.4 Å². The summed E-state index contributed by atoms with van der Waals surface area (Å²) in [7, 11) is 0. The fraction of sp³-hybridized carbons (Fsp3) is 0.412. The second-order valence-electron chi connectivity index (χ2n) is 5.67. The molecule has 0 fully saturated rings. The number of rotatable bonds is 6. The first kappa shape index (κ1) is 17.3. The molecule has 1 unspecified atom stereocenters. The summed E-state index contributed by atoms with van der Waals surface area (Å²) in [6, 6.07) is 5.58. The number of halogens is 1. The van der Waals surface area contributed by atoms with Crippen LogP contribution in [0.15, 0.2) is 24.4 Å². The fourth-order valence-corrected chi connectivity index (χ4v) is 2.19. The molecule has 5 nitrogen and oxygen atoms in total. The Bertz CT molecular complexity index is 674. The van der Waals surface area contributed by atoms with Crippen molar-refractivity contribution in [1.82, 2.24) is 15.1 Å². The van der Waals surface area contributed by atoms with Crippen molar-refractivity contribution in [2.24, 2.45) is 0 Å². The van der Waals surface area contributed by atoms with E-state index in [4.69, 9.17) is 16.3 Å². The summed E-state index contributed by atoms with van der Waals surface area (Å²) >= 11 is 6.14. The maximum absolute atomic E-state index is 12.0. The Hall–Kier alpha value is -2.01. The average molecular weight is 336 g/mol. The Labute approximate surface area is 141 Å². The summed E-state index contributed by atoms with van der Waals surface area (Å²) in [5.41, 5.74) is 2.32. The molecule has 0 bridgehead atoms. The Morgan fingerprint density at radius 1 is 1.39 bits per heavy atom. The summed E-state index contributed by atoms with van der Waals surface area (Å²) < 4.78 is 7.30. The first-order chi connectivity index (χ1) is 10.9. The molecule has 0 aliphatic heterocycles. The van der Waals surface area contributed by atoms with Crippen LogP contribution in [0.5, 0.6) is 5.75 Å². The Balaban J connectivity index is 1.98. The zero-order chi connectivity index (χ0) is 17.0. The van der Waals surface area contributed by atoms with Crippen LogP contribution in [0, 0.1) is 13.8 Å². The summed E-state index contributed by atoms with van der Waals surface area (Å²) in [5.74, 6) is 0.557. The highest BCUT2D eigenvalue weighted by atomic mass is 35.5. The number of aryl methyl sites for hydroxylation is 2. The van der Waals surface area contributed by atoms with Gasteiger partial charge in [-0.15, -0.1) is 0 Å². The van der Waals surface area contributed by atoms with E-state index in [0.29, 0.717) is 5.69 Å². The smallest absolute Gasteiger partial charge is 0.271 e. The van der Waals surface area contributed by atoms with E-state index in [1.54, 1.807) is 16.9 Å². The molecule has 1 heterocycles. The van der Waals surface area contributed by atoms with Gasteiger partial charge in [0, 0.05) is 17.3 Å². The lowest BCUT2D eigenvalue weighted by Crippen LogP contribution is -2.32. The van der Waals surface area contributed by atoms with Crippen LogP contribution in [0.2, 0.25) is 5.02 Å². The van der Waals surface area contributed by atoms with Crippen LogP contribution >= 0.6 is 11.6 Å². The molecule has 1 amide bonds. The number of nitrogens with one attached hydrogen (secondary N) is 1. The molecule has 0 radical (unpaired) electrons. The van der Waals surface area contributed by atoms with E-state index in [0.717, 1.165) is 28.3 Å². The van der Waals surface area contributed by atoms with E-state index in [9.17, 15) is 4.79 Å². The maximum atomic E-state index is 12.0. The largest absolute Gasteiger partial charge is 0.471 e. The number of ether oxygens (including phenoxy) is 1. The highest BCUT2D eigenvalue weighted by molar-refractivity contribution is 6.32. The lowest BCUT2D eigenvalue weighted by atomic mass is 10.1. The summed E-state index contributed by atoms with van der Waals surface area (Å²) in [6.07, 6.45) is 2.60. The molecular weight excluding hydrogens is 314 g/mol. The number of carbonyl (C=O) groups is 1. The van der Waals surface area contributed by atoms with Crippen molar-refractivity contribution in [3.05, 3.63) is 46.2 Å². The Kier molecular flexibility index (Phi) is 5.66. The van der Waals surface area contributed by atoms with Gasteiger partial charge < -0.3 is 10.1 Å². The van der Waals surface area contributed by atoms with Gasteiger partial charge in [-0.2, -0.15) is 5.10 Å². The molecule has 0 aliphatic carbocycles. The molecule has 0 saturated carbocycles. The number of amides is 1. The lowest BCUT2D eigenvalue weighted by Gasteiger charge is -2.10. The van der Waals surface area contributed by atoms with Gasteiger partial charge in [0.25, 0.3) is 5.91 Å². The fourth-order valence-electron chi connectivity index (χ4n) is 2.08. The zero-order valence-corrected chi connectivity index (χ0v) is 14.6. The van der Waals surface area contributed by atoms with Gasteiger partial charge >= 0.3 is 0 Å². The van der Waals surface area contributed by atoms with Gasteiger partial charge in [-0.3, -0.25) is 4.79 Å². The summed E-state index contributed by atoms with van der Waals surface area (Å²) in [6.45, 7) is 8.09. The number of hydrogen-bond acceptors (Lipinski definition) is 3. The minimum atomic E-state index is -0.170. The molecule has 1 aromatic heterocycles. The zero-order valence-electron chi connectivity index (χ0n) is 13.9. The lowest BCUT2D eigenvalue weighted by molar-refractivity contribution is 0.0932. The van der Waals surface area contributed by atoms with Crippen molar-refractivity contribution in [2.45, 2.75) is 46.9 Å². The van der Waals surface area contributed by atoms with Crippen LogP contribution in [-0.2, 0) is 6.73 Å². The van der Waals surface area contributed by atoms with E-state index < -0.39 is 0 Å². The summed E-state index contributed by atoms with van der Waals surface area (Å²) in [5, 5.41) is 7.86. The molecule has 23 heavy (non-hydrogen) atoms. The molecule has 0 aliphatic rings. The van der Waals surface area contributed by atoms with Gasteiger partial charge in [0.15, 0.2) is 6.73 Å². The van der Waals surface area contributed by atoms with E-state index >= 15 is 0 Å². The van der Waals surface area contributed by atoms with Crippen molar-refractivity contribution < 1.29 is 9.53 Å². The van der Waals surface area contributed by atoms with Gasteiger partial charge in [0.2, 0.25) is 0 Å². The third-order valence-corrected chi connectivity index (χ3v) is 4.23. The van der Waals surface area contributed by atoms with Crippen molar-refractivity contribution in [1.29, 1.82) is 0 Å². The van der Waals surface area contributed by atoms with E-state index in [1.165, 1.54) is 0 Å². The normalized spacial score (nSPS) is 12.0. The molecule has 124 valence electrons. The summed E-state index contributed by atoms with van der Waals surface area (Å²) in [4.78, 5) is 12.0. The van der Waals surface area contributed by atoms with Crippen LogP contribution in [0.1, 0.15) is 41.9 Å². The monoisotopic (exact) mass is 335 g/mol. The third-order valence-electron chi connectivity index (χ3n) is 3.64.